The van der Waals surface area contributed by atoms with Gasteiger partial charge in [-0.15, -0.1) is 0 Å². The Morgan fingerprint density at radius 1 is 0.864 bits per heavy atom. The third-order valence-electron chi connectivity index (χ3n) is 6.57. The van der Waals surface area contributed by atoms with Gasteiger partial charge in [-0.2, -0.15) is 0 Å². The molecule has 4 bridgehead atoms. The third kappa shape index (κ3) is 1.99. The summed E-state index contributed by atoms with van der Waals surface area (Å²) in [6.07, 6.45) is 7.81. The molecule has 4 aliphatic rings. The zero-order valence-corrected chi connectivity index (χ0v) is 14.0. The van der Waals surface area contributed by atoms with E-state index in [-0.39, 0.29) is 22.3 Å². The van der Waals surface area contributed by atoms with E-state index in [0.29, 0.717) is 0 Å². The molecule has 2 heteroatoms. The van der Waals surface area contributed by atoms with E-state index < -0.39 is 0 Å². The molecule has 0 unspecified atom stereocenters. The lowest BCUT2D eigenvalue weighted by Crippen LogP contribution is -2.48. The molecule has 0 spiro atoms. The highest BCUT2D eigenvalue weighted by Crippen LogP contribution is 2.62. The minimum absolute atomic E-state index is 0.112. The highest BCUT2D eigenvalue weighted by atomic mass is 16.3. The third-order valence-corrected chi connectivity index (χ3v) is 6.57. The molecule has 0 amide bonds. The molecule has 4 aliphatic carbocycles. The fourth-order valence-electron chi connectivity index (χ4n) is 6.05. The van der Waals surface area contributed by atoms with E-state index in [0.717, 1.165) is 28.9 Å². The Bertz CT molecular complexity index is 574. The molecule has 1 aromatic carbocycles. The topological polar surface area (TPSA) is 40.5 Å². The van der Waals surface area contributed by atoms with Crippen molar-refractivity contribution in [3.63, 3.8) is 0 Å². The van der Waals surface area contributed by atoms with Crippen LogP contribution in [0.25, 0.3) is 0 Å². The van der Waals surface area contributed by atoms with Crippen molar-refractivity contribution in [2.45, 2.75) is 70.1 Å². The number of phenols is 2. The van der Waals surface area contributed by atoms with E-state index in [1.807, 2.05) is 6.07 Å². The minimum Gasteiger partial charge on any atom is -0.504 e. The maximum absolute atomic E-state index is 10.8. The quantitative estimate of drug-likeness (QED) is 0.727. The Morgan fingerprint density at radius 3 is 1.82 bits per heavy atom. The van der Waals surface area contributed by atoms with Gasteiger partial charge in [0.1, 0.15) is 0 Å². The van der Waals surface area contributed by atoms with Gasteiger partial charge in [0.15, 0.2) is 11.5 Å². The van der Waals surface area contributed by atoms with E-state index in [1.54, 1.807) is 0 Å². The Kier molecular flexibility index (Phi) is 2.90. The Morgan fingerprint density at radius 2 is 1.36 bits per heavy atom. The van der Waals surface area contributed by atoms with E-state index in [2.05, 4.69) is 26.8 Å². The number of aromatic hydroxyl groups is 2. The maximum atomic E-state index is 10.8. The molecule has 2 N–H and O–H groups in total. The molecule has 0 radical (unpaired) electrons. The van der Waals surface area contributed by atoms with Crippen LogP contribution in [0.3, 0.4) is 0 Å². The lowest BCUT2D eigenvalue weighted by Gasteiger charge is -2.57. The van der Waals surface area contributed by atoms with Crippen molar-refractivity contribution in [3.05, 3.63) is 23.3 Å². The number of rotatable bonds is 1. The van der Waals surface area contributed by atoms with Gasteiger partial charge in [0.25, 0.3) is 0 Å². The van der Waals surface area contributed by atoms with Crippen molar-refractivity contribution < 1.29 is 10.2 Å². The van der Waals surface area contributed by atoms with Gasteiger partial charge in [-0.1, -0.05) is 32.9 Å². The summed E-state index contributed by atoms with van der Waals surface area (Å²) in [6, 6.07) is 4.16. The van der Waals surface area contributed by atoms with E-state index in [9.17, 15) is 10.2 Å². The molecule has 120 valence electrons. The summed E-state index contributed by atoms with van der Waals surface area (Å²) < 4.78 is 0. The van der Waals surface area contributed by atoms with E-state index >= 15 is 0 Å². The summed E-state index contributed by atoms with van der Waals surface area (Å²) in [5.41, 5.74) is 1.85. The molecule has 0 heterocycles. The van der Waals surface area contributed by atoms with Crippen LogP contribution in [-0.4, -0.2) is 10.2 Å². The molecule has 0 aliphatic heterocycles. The standard InChI is InChI=1S/C20H28O2/c1-19(2,3)15-4-5-16(18(22)17(15)21)20-9-12-6-13(10-20)8-14(7-12)11-20/h4-5,12-14,21-22H,6-11H2,1-3H3. The molecular weight excluding hydrogens is 272 g/mol. The van der Waals surface area contributed by atoms with Gasteiger partial charge < -0.3 is 10.2 Å². The monoisotopic (exact) mass is 300 g/mol. The van der Waals surface area contributed by atoms with Crippen molar-refractivity contribution in [2.24, 2.45) is 17.8 Å². The first-order valence-corrected chi connectivity index (χ1v) is 8.84. The Balaban J connectivity index is 1.79. The van der Waals surface area contributed by atoms with Crippen LogP contribution in [0.15, 0.2) is 12.1 Å². The fraction of sp³-hybridized carbons (Fsp3) is 0.700. The molecule has 2 nitrogen and oxygen atoms in total. The summed E-state index contributed by atoms with van der Waals surface area (Å²) in [6.45, 7) is 6.23. The summed E-state index contributed by atoms with van der Waals surface area (Å²) in [5.74, 6) is 2.80. The van der Waals surface area contributed by atoms with Crippen molar-refractivity contribution in [2.75, 3.05) is 0 Å². The predicted molar refractivity (Wildman–Crippen MR) is 88.3 cm³/mol. The van der Waals surface area contributed by atoms with Crippen LogP contribution in [0, 0.1) is 17.8 Å². The van der Waals surface area contributed by atoms with Crippen molar-refractivity contribution in [1.29, 1.82) is 0 Å². The lowest BCUT2D eigenvalue weighted by molar-refractivity contribution is -0.00629. The first-order valence-electron chi connectivity index (χ1n) is 8.84. The molecule has 5 rings (SSSR count). The largest absolute Gasteiger partial charge is 0.504 e. The first kappa shape index (κ1) is 14.4. The summed E-state index contributed by atoms with van der Waals surface area (Å²) in [4.78, 5) is 0. The predicted octanol–water partition coefficient (Wildman–Crippen LogP) is 4.86. The zero-order chi connectivity index (χ0) is 15.7. The molecular formula is C20H28O2. The second kappa shape index (κ2) is 4.43. The molecule has 0 saturated heterocycles. The molecule has 1 aromatic rings. The highest BCUT2D eigenvalue weighted by Gasteiger charge is 2.52. The van der Waals surface area contributed by atoms with Crippen LogP contribution >= 0.6 is 0 Å². The van der Waals surface area contributed by atoms with Crippen LogP contribution in [0.5, 0.6) is 11.5 Å². The van der Waals surface area contributed by atoms with Crippen molar-refractivity contribution >= 4 is 0 Å². The highest BCUT2D eigenvalue weighted by molar-refractivity contribution is 5.55. The summed E-state index contributed by atoms with van der Waals surface area (Å²) in [7, 11) is 0. The Labute approximate surface area is 133 Å². The van der Waals surface area contributed by atoms with Crippen LogP contribution in [0.2, 0.25) is 0 Å². The van der Waals surface area contributed by atoms with Gasteiger partial charge in [-0.3, -0.25) is 0 Å². The molecule has 4 fully saturated rings. The molecule has 0 atom stereocenters. The number of benzene rings is 1. The van der Waals surface area contributed by atoms with Gasteiger partial charge >= 0.3 is 0 Å². The zero-order valence-electron chi connectivity index (χ0n) is 14.0. The van der Waals surface area contributed by atoms with Gasteiger partial charge in [0, 0.05) is 11.1 Å². The van der Waals surface area contributed by atoms with E-state index in [1.165, 1.54) is 38.5 Å². The second-order valence-electron chi connectivity index (χ2n) is 9.31. The summed E-state index contributed by atoms with van der Waals surface area (Å²) in [5, 5.41) is 21.3. The second-order valence-corrected chi connectivity index (χ2v) is 9.31. The van der Waals surface area contributed by atoms with Gasteiger partial charge in [0.05, 0.1) is 0 Å². The number of phenolic OH excluding ortho intramolecular Hbond substituents is 2. The average Bonchev–Trinajstić information content (AvgIpc) is 2.38. The average molecular weight is 300 g/mol. The van der Waals surface area contributed by atoms with Gasteiger partial charge in [-0.05, 0) is 67.1 Å². The van der Waals surface area contributed by atoms with Crippen LogP contribution in [-0.2, 0) is 10.8 Å². The smallest absolute Gasteiger partial charge is 0.161 e. The SMILES string of the molecule is CC(C)(C)c1ccc(C23CC4CC(CC(C4)C2)C3)c(O)c1O. The van der Waals surface area contributed by atoms with Crippen LogP contribution in [0.1, 0.15) is 70.4 Å². The lowest BCUT2D eigenvalue weighted by atomic mass is 9.48. The summed E-state index contributed by atoms with van der Waals surface area (Å²) >= 11 is 0. The van der Waals surface area contributed by atoms with Crippen molar-refractivity contribution in [1.82, 2.24) is 0 Å². The Hall–Kier alpha value is -1.18. The molecule has 0 aromatic heterocycles. The van der Waals surface area contributed by atoms with Crippen molar-refractivity contribution in [3.8, 4) is 11.5 Å². The van der Waals surface area contributed by atoms with Gasteiger partial charge in [0.2, 0.25) is 0 Å². The maximum Gasteiger partial charge on any atom is 0.161 e. The number of hydrogen-bond acceptors (Lipinski definition) is 2. The minimum atomic E-state index is -0.151. The normalized spacial score (nSPS) is 36.8. The first-order chi connectivity index (χ1) is 10.3. The molecule has 22 heavy (non-hydrogen) atoms. The van der Waals surface area contributed by atoms with Gasteiger partial charge in [-0.25, -0.2) is 0 Å². The number of hydrogen-bond donors (Lipinski definition) is 2. The van der Waals surface area contributed by atoms with Crippen LogP contribution < -0.4 is 0 Å². The van der Waals surface area contributed by atoms with Crippen LogP contribution in [0.4, 0.5) is 0 Å². The fourth-order valence-corrected chi connectivity index (χ4v) is 6.05. The molecule has 4 saturated carbocycles. The van der Waals surface area contributed by atoms with E-state index in [4.69, 9.17) is 0 Å².